The molecule has 2 N–H and O–H groups in total. The highest BCUT2D eigenvalue weighted by Gasteiger charge is 2.27. The highest BCUT2D eigenvalue weighted by Crippen LogP contribution is 2.23. The first-order valence-electron chi connectivity index (χ1n) is 6.82. The molecule has 0 saturated carbocycles. The lowest BCUT2D eigenvalue weighted by molar-refractivity contribution is -0.119. The minimum atomic E-state index is -1.29. The summed E-state index contributed by atoms with van der Waals surface area (Å²) in [5.41, 5.74) is -1.29. The average molecular weight is 323 g/mol. The lowest BCUT2D eigenvalue weighted by Crippen LogP contribution is -2.39. The number of aryl methyl sites for hydroxylation is 1. The number of hydrogen-bond acceptors (Lipinski definition) is 4. The molecule has 0 aliphatic carbocycles. The summed E-state index contributed by atoms with van der Waals surface area (Å²) in [6.07, 6.45) is 0. The second-order valence-corrected chi connectivity index (χ2v) is 6.20. The Balaban J connectivity index is 1.84. The van der Waals surface area contributed by atoms with Crippen molar-refractivity contribution in [1.29, 1.82) is 0 Å². The number of amides is 1. The number of carbonyl (C=O) groups is 1. The number of carbonyl (C=O) groups excluding carboxylic acids is 1. The average Bonchev–Trinajstić information content (AvgIpc) is 2.92. The second-order valence-electron chi connectivity index (χ2n) is 5.18. The van der Waals surface area contributed by atoms with Crippen LogP contribution in [0.3, 0.4) is 0 Å². The van der Waals surface area contributed by atoms with Gasteiger partial charge in [0, 0.05) is 4.90 Å². The highest BCUT2D eigenvalue weighted by molar-refractivity contribution is 8.00. The summed E-state index contributed by atoms with van der Waals surface area (Å²) in [5.74, 6) is 0.535. The van der Waals surface area contributed by atoms with Crippen LogP contribution in [0.1, 0.15) is 18.4 Å². The summed E-state index contributed by atoms with van der Waals surface area (Å²) in [5, 5.41) is 12.9. The van der Waals surface area contributed by atoms with Crippen LogP contribution in [-0.4, -0.2) is 23.3 Å². The van der Waals surface area contributed by atoms with Gasteiger partial charge < -0.3 is 14.8 Å². The third-order valence-electron chi connectivity index (χ3n) is 3.10. The van der Waals surface area contributed by atoms with Gasteiger partial charge in [-0.15, -0.1) is 11.8 Å². The molecule has 1 atom stereocenters. The summed E-state index contributed by atoms with van der Waals surface area (Å²) in [6, 6.07) is 9.71. The normalized spacial score (nSPS) is 13.6. The van der Waals surface area contributed by atoms with Crippen molar-refractivity contribution in [3.63, 3.8) is 0 Å². The molecule has 1 aromatic carbocycles. The van der Waals surface area contributed by atoms with E-state index in [4.69, 9.17) is 4.42 Å². The number of rotatable bonds is 6. The van der Waals surface area contributed by atoms with E-state index in [0.29, 0.717) is 16.4 Å². The van der Waals surface area contributed by atoms with Crippen molar-refractivity contribution >= 4 is 17.7 Å². The molecule has 1 heterocycles. The molecule has 1 unspecified atom stereocenters. The zero-order valence-corrected chi connectivity index (χ0v) is 13.2. The molecule has 0 bridgehead atoms. The fourth-order valence-corrected chi connectivity index (χ4v) is 2.61. The maximum absolute atomic E-state index is 13.4. The first-order chi connectivity index (χ1) is 10.4. The summed E-state index contributed by atoms with van der Waals surface area (Å²) < 4.78 is 18.8. The molecule has 0 spiro atoms. The van der Waals surface area contributed by atoms with Crippen LogP contribution in [0.15, 0.2) is 45.7 Å². The summed E-state index contributed by atoms with van der Waals surface area (Å²) in [6.45, 7) is 3.37. The van der Waals surface area contributed by atoms with E-state index in [1.54, 1.807) is 44.2 Å². The van der Waals surface area contributed by atoms with Gasteiger partial charge >= 0.3 is 0 Å². The number of benzene rings is 1. The smallest absolute Gasteiger partial charge is 0.230 e. The lowest BCUT2D eigenvalue weighted by Gasteiger charge is -2.21. The Labute approximate surface area is 132 Å². The SMILES string of the molecule is Cc1ccc(C(C)(O)CNC(=O)CSc2ccccc2F)o1. The van der Waals surface area contributed by atoms with Crippen molar-refractivity contribution in [3.05, 3.63) is 53.7 Å². The number of furan rings is 1. The van der Waals surface area contributed by atoms with E-state index in [1.807, 2.05) is 0 Å². The van der Waals surface area contributed by atoms with E-state index < -0.39 is 5.60 Å². The Morgan fingerprint density at radius 3 is 2.73 bits per heavy atom. The van der Waals surface area contributed by atoms with E-state index in [2.05, 4.69) is 5.32 Å². The van der Waals surface area contributed by atoms with Gasteiger partial charge in [-0.2, -0.15) is 0 Å². The quantitative estimate of drug-likeness (QED) is 0.803. The highest BCUT2D eigenvalue weighted by atomic mass is 32.2. The fourth-order valence-electron chi connectivity index (χ4n) is 1.84. The minimum Gasteiger partial charge on any atom is -0.463 e. The van der Waals surface area contributed by atoms with Gasteiger partial charge in [0.05, 0.1) is 12.3 Å². The number of aliphatic hydroxyl groups is 1. The summed E-state index contributed by atoms with van der Waals surface area (Å²) >= 11 is 1.11. The molecule has 6 heteroatoms. The number of nitrogens with one attached hydrogen (secondary N) is 1. The molecule has 0 aliphatic rings. The van der Waals surface area contributed by atoms with Crippen molar-refractivity contribution in [3.8, 4) is 0 Å². The van der Waals surface area contributed by atoms with Crippen LogP contribution in [0.4, 0.5) is 4.39 Å². The van der Waals surface area contributed by atoms with E-state index in [9.17, 15) is 14.3 Å². The molecule has 0 fully saturated rings. The summed E-state index contributed by atoms with van der Waals surface area (Å²) in [7, 11) is 0. The molecular formula is C16H18FNO3S. The third-order valence-corrected chi connectivity index (χ3v) is 4.14. The molecule has 4 nitrogen and oxygen atoms in total. The van der Waals surface area contributed by atoms with Gasteiger partial charge in [-0.05, 0) is 38.1 Å². The Morgan fingerprint density at radius 2 is 2.09 bits per heavy atom. The Bertz CT molecular complexity index is 654. The first-order valence-corrected chi connectivity index (χ1v) is 7.80. The molecule has 0 saturated heterocycles. The van der Waals surface area contributed by atoms with E-state index in [0.717, 1.165) is 11.8 Å². The Morgan fingerprint density at radius 1 is 1.36 bits per heavy atom. The fraction of sp³-hybridized carbons (Fsp3) is 0.312. The van der Waals surface area contributed by atoms with Crippen molar-refractivity contribution in [2.45, 2.75) is 24.3 Å². The Hall–Kier alpha value is -1.79. The van der Waals surface area contributed by atoms with Crippen LogP contribution in [-0.2, 0) is 10.4 Å². The van der Waals surface area contributed by atoms with Gasteiger partial charge in [0.2, 0.25) is 5.91 Å². The van der Waals surface area contributed by atoms with Gasteiger partial charge in [0.25, 0.3) is 0 Å². The largest absolute Gasteiger partial charge is 0.463 e. The van der Waals surface area contributed by atoms with E-state index in [1.165, 1.54) is 6.07 Å². The van der Waals surface area contributed by atoms with Crippen molar-refractivity contribution < 1.29 is 18.7 Å². The number of hydrogen-bond donors (Lipinski definition) is 2. The Kier molecular flexibility index (Phi) is 5.26. The summed E-state index contributed by atoms with van der Waals surface area (Å²) in [4.78, 5) is 12.2. The van der Waals surface area contributed by atoms with Crippen molar-refractivity contribution in [2.24, 2.45) is 0 Å². The van der Waals surface area contributed by atoms with Crippen LogP contribution < -0.4 is 5.32 Å². The van der Waals surface area contributed by atoms with Crippen LogP contribution in [0.2, 0.25) is 0 Å². The molecule has 1 aromatic heterocycles. The topological polar surface area (TPSA) is 62.5 Å². The first kappa shape index (κ1) is 16.6. The monoisotopic (exact) mass is 323 g/mol. The minimum absolute atomic E-state index is 0.0244. The van der Waals surface area contributed by atoms with Crippen LogP contribution in [0.25, 0.3) is 0 Å². The predicted molar refractivity (Wildman–Crippen MR) is 83.1 cm³/mol. The number of halogens is 1. The van der Waals surface area contributed by atoms with Crippen molar-refractivity contribution in [1.82, 2.24) is 5.32 Å². The van der Waals surface area contributed by atoms with Crippen LogP contribution >= 0.6 is 11.8 Å². The van der Waals surface area contributed by atoms with E-state index >= 15 is 0 Å². The molecule has 1 amide bonds. The van der Waals surface area contributed by atoms with Crippen LogP contribution in [0.5, 0.6) is 0 Å². The predicted octanol–water partition coefficient (Wildman–Crippen LogP) is 2.84. The molecule has 2 aromatic rings. The molecule has 0 aliphatic heterocycles. The van der Waals surface area contributed by atoms with Crippen molar-refractivity contribution in [2.75, 3.05) is 12.3 Å². The van der Waals surface area contributed by atoms with Gasteiger partial charge in [0.15, 0.2) is 0 Å². The lowest BCUT2D eigenvalue weighted by atomic mass is 10.0. The molecule has 0 radical (unpaired) electrons. The molecule has 22 heavy (non-hydrogen) atoms. The molecule has 2 rings (SSSR count). The van der Waals surface area contributed by atoms with Crippen LogP contribution in [0, 0.1) is 12.7 Å². The molecule has 118 valence electrons. The zero-order valence-electron chi connectivity index (χ0n) is 12.4. The standard InChI is InChI=1S/C16H18FNO3S/c1-11-7-8-14(21-11)16(2,20)10-18-15(19)9-22-13-6-4-3-5-12(13)17/h3-8,20H,9-10H2,1-2H3,(H,18,19). The van der Waals surface area contributed by atoms with Gasteiger partial charge in [-0.25, -0.2) is 4.39 Å². The third kappa shape index (κ3) is 4.35. The van der Waals surface area contributed by atoms with Gasteiger partial charge in [-0.1, -0.05) is 12.1 Å². The number of thioether (sulfide) groups is 1. The van der Waals surface area contributed by atoms with E-state index in [-0.39, 0.29) is 24.0 Å². The zero-order chi connectivity index (χ0) is 16.2. The van der Waals surface area contributed by atoms with Gasteiger partial charge in [0.1, 0.15) is 22.9 Å². The second kappa shape index (κ2) is 6.98. The van der Waals surface area contributed by atoms with Gasteiger partial charge in [-0.3, -0.25) is 4.79 Å². The molecular weight excluding hydrogens is 305 g/mol. The maximum atomic E-state index is 13.4. The maximum Gasteiger partial charge on any atom is 0.230 e.